The number of nitrogens with zero attached hydrogens (tertiary/aromatic N) is 3. The Balaban J connectivity index is 1.65. The zero-order valence-electron chi connectivity index (χ0n) is 17.2. The average molecular weight is 467 g/mol. The fourth-order valence-electron chi connectivity index (χ4n) is 3.48. The lowest BCUT2D eigenvalue weighted by Gasteiger charge is -2.36. The van der Waals surface area contributed by atoms with Crippen molar-refractivity contribution in [2.75, 3.05) is 16.8 Å². The van der Waals surface area contributed by atoms with Gasteiger partial charge in [-0.15, -0.1) is 21.5 Å². The highest BCUT2D eigenvalue weighted by atomic mass is 32.2. The van der Waals surface area contributed by atoms with Crippen molar-refractivity contribution in [2.24, 2.45) is 11.3 Å². The molecule has 0 radical (unpaired) electrons. The second-order valence-corrected chi connectivity index (χ2v) is 12.5. The van der Waals surface area contributed by atoms with E-state index in [9.17, 15) is 10.1 Å². The summed E-state index contributed by atoms with van der Waals surface area (Å²) in [6, 6.07) is 2.33. The fraction of sp³-hybridized carbons (Fsp3) is 0.600. The Morgan fingerprint density at radius 3 is 2.66 bits per heavy atom. The highest BCUT2D eigenvalue weighted by Gasteiger charge is 2.34. The summed E-state index contributed by atoms with van der Waals surface area (Å²) < 4.78 is 1.73. The first-order chi connectivity index (χ1) is 13.9. The van der Waals surface area contributed by atoms with E-state index in [1.165, 1.54) is 28.0 Å². The maximum absolute atomic E-state index is 12.5. The minimum absolute atomic E-state index is 0.101. The molecule has 0 fully saturated rings. The van der Waals surface area contributed by atoms with E-state index in [1.807, 2.05) is 0 Å². The van der Waals surface area contributed by atoms with Crippen LogP contribution in [-0.2, 0) is 17.6 Å². The molecule has 2 heterocycles. The minimum atomic E-state index is -0.101. The van der Waals surface area contributed by atoms with Crippen molar-refractivity contribution in [3.05, 3.63) is 16.0 Å². The number of hydrogen-bond donors (Lipinski definition) is 1. The first-order valence-electron chi connectivity index (χ1n) is 9.81. The Labute approximate surface area is 189 Å². The number of rotatable bonds is 8. The van der Waals surface area contributed by atoms with Gasteiger partial charge in [0.1, 0.15) is 11.1 Å². The van der Waals surface area contributed by atoms with Gasteiger partial charge in [0.2, 0.25) is 5.91 Å². The van der Waals surface area contributed by atoms with Crippen molar-refractivity contribution >= 4 is 57.1 Å². The molecule has 5 nitrogen and oxygen atoms in total. The molecular weight excluding hydrogens is 441 g/mol. The van der Waals surface area contributed by atoms with Gasteiger partial charge in [-0.1, -0.05) is 69.0 Å². The van der Waals surface area contributed by atoms with Crippen molar-refractivity contribution in [2.45, 2.75) is 62.1 Å². The van der Waals surface area contributed by atoms with E-state index >= 15 is 0 Å². The second-order valence-electron chi connectivity index (χ2n) is 7.71. The number of fused-ring (bicyclic) bond motifs is 1. The SMILES string of the molecule is CCSc1nnc(SCC(=O)Nc2sc3c(c2C#N)CCC(C(C)(C)CC)C3)s1. The standard InChI is InChI=1S/C20H26N4OS4/c1-5-20(3,4)12-7-8-13-14(10-21)17(28-15(13)9-12)22-16(25)11-27-19-24-23-18(29-19)26-6-2/h12H,5-9,11H2,1-4H3,(H,22,25). The van der Waals surface area contributed by atoms with Gasteiger partial charge in [0.05, 0.1) is 11.3 Å². The van der Waals surface area contributed by atoms with Crippen molar-refractivity contribution in [3.63, 3.8) is 0 Å². The molecule has 1 unspecified atom stereocenters. The smallest absolute Gasteiger partial charge is 0.235 e. The monoisotopic (exact) mass is 466 g/mol. The van der Waals surface area contributed by atoms with Crippen LogP contribution in [0.1, 0.15) is 56.5 Å². The van der Waals surface area contributed by atoms with E-state index in [0.717, 1.165) is 45.7 Å². The molecule has 1 N–H and O–H groups in total. The lowest BCUT2D eigenvalue weighted by Crippen LogP contribution is -2.28. The third-order valence-electron chi connectivity index (χ3n) is 5.63. The van der Waals surface area contributed by atoms with Crippen molar-refractivity contribution in [1.29, 1.82) is 5.26 Å². The maximum Gasteiger partial charge on any atom is 0.235 e. The molecule has 0 aliphatic heterocycles. The van der Waals surface area contributed by atoms with Crippen LogP contribution >= 0.6 is 46.2 Å². The molecule has 2 aromatic heterocycles. The van der Waals surface area contributed by atoms with Gasteiger partial charge in [-0.05, 0) is 41.9 Å². The molecular formula is C20H26N4OS4. The summed E-state index contributed by atoms with van der Waals surface area (Å²) in [5.41, 5.74) is 2.10. The summed E-state index contributed by atoms with van der Waals surface area (Å²) in [7, 11) is 0. The number of anilines is 1. The molecule has 1 amide bonds. The maximum atomic E-state index is 12.5. The van der Waals surface area contributed by atoms with Crippen LogP contribution in [0.25, 0.3) is 0 Å². The number of thiophene rings is 1. The molecule has 3 rings (SSSR count). The molecule has 0 saturated heterocycles. The van der Waals surface area contributed by atoms with E-state index < -0.39 is 0 Å². The molecule has 0 aromatic carbocycles. The number of hydrogen-bond acceptors (Lipinski definition) is 8. The Bertz CT molecular complexity index is 912. The molecule has 1 atom stereocenters. The summed E-state index contributed by atoms with van der Waals surface area (Å²) >= 11 is 6.14. The molecule has 9 heteroatoms. The predicted octanol–water partition coefficient (Wildman–Crippen LogP) is 5.86. The number of nitrogens with one attached hydrogen (secondary N) is 1. The lowest BCUT2D eigenvalue weighted by atomic mass is 9.69. The molecule has 2 aromatic rings. The molecule has 0 spiro atoms. The number of carbonyl (C=O) groups is 1. The van der Waals surface area contributed by atoms with Crippen LogP contribution in [-0.4, -0.2) is 27.6 Å². The van der Waals surface area contributed by atoms with Crippen LogP contribution in [0.3, 0.4) is 0 Å². The van der Waals surface area contributed by atoms with Crippen molar-refractivity contribution < 1.29 is 4.79 Å². The van der Waals surface area contributed by atoms with E-state index in [4.69, 9.17) is 0 Å². The first-order valence-corrected chi connectivity index (χ1v) is 13.4. The largest absolute Gasteiger partial charge is 0.316 e. The van der Waals surface area contributed by atoms with Gasteiger partial charge >= 0.3 is 0 Å². The number of thioether (sulfide) groups is 2. The predicted molar refractivity (Wildman–Crippen MR) is 124 cm³/mol. The average Bonchev–Trinajstić information content (AvgIpc) is 3.29. The van der Waals surface area contributed by atoms with Gasteiger partial charge in [0.25, 0.3) is 0 Å². The zero-order valence-corrected chi connectivity index (χ0v) is 20.5. The number of aromatic nitrogens is 2. The summed E-state index contributed by atoms with van der Waals surface area (Å²) in [5.74, 6) is 1.74. The summed E-state index contributed by atoms with van der Waals surface area (Å²) in [5, 5.41) is 21.6. The third-order valence-corrected chi connectivity index (χ3v) is 9.87. The van der Waals surface area contributed by atoms with Crippen LogP contribution in [0.2, 0.25) is 0 Å². The summed E-state index contributed by atoms with van der Waals surface area (Å²) in [6.45, 7) is 8.99. The number of nitriles is 1. The molecule has 29 heavy (non-hydrogen) atoms. The first kappa shape index (κ1) is 22.6. The fourth-order valence-corrected chi connectivity index (χ4v) is 7.49. The molecule has 0 bridgehead atoms. The number of carbonyl (C=O) groups excluding carboxylic acids is 1. The molecule has 1 aliphatic rings. The summed E-state index contributed by atoms with van der Waals surface area (Å²) in [6.07, 6.45) is 4.19. The quantitative estimate of drug-likeness (QED) is 0.491. The van der Waals surface area contributed by atoms with Gasteiger partial charge in [-0.3, -0.25) is 4.79 Å². The van der Waals surface area contributed by atoms with Crippen LogP contribution < -0.4 is 5.32 Å². The minimum Gasteiger partial charge on any atom is -0.316 e. The van der Waals surface area contributed by atoms with Crippen LogP contribution in [0.15, 0.2) is 8.68 Å². The third kappa shape index (κ3) is 5.35. The van der Waals surface area contributed by atoms with E-state index in [0.29, 0.717) is 21.9 Å². The normalized spacial score (nSPS) is 16.3. The Hall–Kier alpha value is -1.08. The van der Waals surface area contributed by atoms with Crippen molar-refractivity contribution in [3.8, 4) is 6.07 Å². The lowest BCUT2D eigenvalue weighted by molar-refractivity contribution is -0.113. The van der Waals surface area contributed by atoms with E-state index in [1.54, 1.807) is 23.1 Å². The van der Waals surface area contributed by atoms with Gasteiger partial charge in [-0.25, -0.2) is 0 Å². The Kier molecular flexibility index (Phi) is 7.65. The molecule has 156 valence electrons. The summed E-state index contributed by atoms with van der Waals surface area (Å²) in [4.78, 5) is 13.8. The Morgan fingerprint density at radius 1 is 1.28 bits per heavy atom. The zero-order chi connectivity index (χ0) is 21.0. The van der Waals surface area contributed by atoms with E-state index in [-0.39, 0.29) is 11.7 Å². The highest BCUT2D eigenvalue weighted by Crippen LogP contribution is 2.45. The van der Waals surface area contributed by atoms with Crippen LogP contribution in [0.5, 0.6) is 0 Å². The topological polar surface area (TPSA) is 78.7 Å². The van der Waals surface area contributed by atoms with Crippen LogP contribution in [0.4, 0.5) is 5.00 Å². The molecule has 1 aliphatic carbocycles. The van der Waals surface area contributed by atoms with Gasteiger partial charge in [0, 0.05) is 4.88 Å². The highest BCUT2D eigenvalue weighted by molar-refractivity contribution is 8.03. The van der Waals surface area contributed by atoms with Crippen LogP contribution in [0, 0.1) is 22.7 Å². The van der Waals surface area contributed by atoms with Gasteiger partial charge in [-0.2, -0.15) is 5.26 Å². The Morgan fingerprint density at radius 2 is 2.00 bits per heavy atom. The number of amides is 1. The molecule has 0 saturated carbocycles. The van der Waals surface area contributed by atoms with Gasteiger partial charge < -0.3 is 5.32 Å². The van der Waals surface area contributed by atoms with E-state index in [2.05, 4.69) is 49.3 Å². The van der Waals surface area contributed by atoms with Gasteiger partial charge in [0.15, 0.2) is 8.68 Å². The second kappa shape index (κ2) is 9.82. The van der Waals surface area contributed by atoms with Crippen molar-refractivity contribution in [1.82, 2.24) is 10.2 Å².